The lowest BCUT2D eigenvalue weighted by atomic mass is 9.89. The summed E-state index contributed by atoms with van der Waals surface area (Å²) < 4.78 is 6.04. The number of carbonyl (C=O) groups is 1. The number of fused-ring (bicyclic) bond motifs is 1. The van der Waals surface area contributed by atoms with E-state index in [1.54, 1.807) is 13.0 Å². The summed E-state index contributed by atoms with van der Waals surface area (Å²) in [5.74, 6) is -0.0703. The molecule has 1 atom stereocenters. The van der Waals surface area contributed by atoms with Gasteiger partial charge in [0.1, 0.15) is 11.6 Å². The molecule has 5 heteroatoms. The van der Waals surface area contributed by atoms with E-state index in [0.29, 0.717) is 16.3 Å². The monoisotopic (exact) mass is 348 g/mol. The van der Waals surface area contributed by atoms with E-state index in [0.717, 1.165) is 10.9 Å². The third-order valence-electron chi connectivity index (χ3n) is 4.46. The fourth-order valence-corrected chi connectivity index (χ4v) is 3.29. The summed E-state index contributed by atoms with van der Waals surface area (Å²) in [6.45, 7) is 1.69. The van der Waals surface area contributed by atoms with Crippen LogP contribution in [0.3, 0.4) is 0 Å². The summed E-state index contributed by atoms with van der Waals surface area (Å²) in [5, 5.41) is 11.0. The first-order valence-electron chi connectivity index (χ1n) is 7.75. The number of nitriles is 1. The van der Waals surface area contributed by atoms with Crippen LogP contribution in [0.1, 0.15) is 18.2 Å². The minimum atomic E-state index is -1.21. The molecule has 3 aromatic rings. The molecule has 25 heavy (non-hydrogen) atoms. The van der Waals surface area contributed by atoms with Crippen molar-refractivity contribution in [2.24, 2.45) is 0 Å². The Balaban J connectivity index is 1.84. The first-order valence-corrected chi connectivity index (χ1v) is 8.13. The Bertz CT molecular complexity index is 1080. The van der Waals surface area contributed by atoms with Crippen molar-refractivity contribution in [2.75, 3.05) is 0 Å². The highest BCUT2D eigenvalue weighted by atomic mass is 35.5. The number of Topliss-reactive ketones (excluding diaryl/α,β-unsaturated/α-hetero) is 1. The van der Waals surface area contributed by atoms with Crippen LogP contribution in [-0.4, -0.2) is 10.8 Å². The second-order valence-corrected chi connectivity index (χ2v) is 6.50. The number of aromatic nitrogens is 1. The maximum absolute atomic E-state index is 12.9. The number of ether oxygens (including phenoxy) is 1. The predicted octanol–water partition coefficient (Wildman–Crippen LogP) is 4.57. The quantitative estimate of drug-likeness (QED) is 0.737. The molecule has 2 heterocycles. The zero-order chi connectivity index (χ0) is 17.6. The molecule has 1 aromatic heterocycles. The number of nitrogens with zero attached hydrogens (tertiary/aromatic N) is 1. The number of hydrogen-bond donors (Lipinski definition) is 1. The van der Waals surface area contributed by atoms with Crippen LogP contribution >= 0.6 is 11.6 Å². The summed E-state index contributed by atoms with van der Waals surface area (Å²) in [6, 6.07) is 18.5. The average molecular weight is 349 g/mol. The number of nitrogens with one attached hydrogen (secondary N) is 1. The molecule has 1 unspecified atom stereocenters. The van der Waals surface area contributed by atoms with Gasteiger partial charge in [-0.1, -0.05) is 41.9 Å². The third-order valence-corrected chi connectivity index (χ3v) is 4.69. The molecule has 0 spiro atoms. The number of benzene rings is 2. The van der Waals surface area contributed by atoms with Crippen molar-refractivity contribution in [3.8, 4) is 6.07 Å². The van der Waals surface area contributed by atoms with Gasteiger partial charge >= 0.3 is 0 Å². The highest BCUT2D eigenvalue weighted by molar-refractivity contribution is 6.31. The first kappa shape index (κ1) is 15.5. The SMILES string of the molecule is CC1(c2ccccc2)OC(c2cc3cc(Cl)ccc3[nH]2)=C(C#N)C1=O. The lowest BCUT2D eigenvalue weighted by molar-refractivity contribution is -0.128. The van der Waals surface area contributed by atoms with Gasteiger partial charge in [-0.15, -0.1) is 0 Å². The van der Waals surface area contributed by atoms with Gasteiger partial charge in [-0.25, -0.2) is 0 Å². The molecular weight excluding hydrogens is 336 g/mol. The van der Waals surface area contributed by atoms with Crippen molar-refractivity contribution in [3.63, 3.8) is 0 Å². The van der Waals surface area contributed by atoms with Crippen molar-refractivity contribution in [2.45, 2.75) is 12.5 Å². The van der Waals surface area contributed by atoms with E-state index in [-0.39, 0.29) is 17.1 Å². The molecule has 4 rings (SSSR count). The normalized spacial score (nSPS) is 20.0. The molecule has 4 nitrogen and oxygen atoms in total. The highest BCUT2D eigenvalue weighted by Gasteiger charge is 2.48. The molecule has 0 saturated carbocycles. The number of aromatic amines is 1. The van der Waals surface area contributed by atoms with Crippen LogP contribution in [0, 0.1) is 11.3 Å². The van der Waals surface area contributed by atoms with E-state index in [4.69, 9.17) is 16.3 Å². The van der Waals surface area contributed by atoms with Gasteiger partial charge in [-0.3, -0.25) is 4.79 Å². The van der Waals surface area contributed by atoms with Crippen molar-refractivity contribution in [1.82, 2.24) is 4.98 Å². The lowest BCUT2D eigenvalue weighted by Gasteiger charge is -2.23. The summed E-state index contributed by atoms with van der Waals surface area (Å²) in [7, 11) is 0. The first-order chi connectivity index (χ1) is 12.0. The van der Waals surface area contributed by atoms with Crippen LogP contribution < -0.4 is 0 Å². The molecule has 122 valence electrons. The van der Waals surface area contributed by atoms with E-state index in [9.17, 15) is 10.1 Å². The molecule has 0 radical (unpaired) electrons. The lowest BCUT2D eigenvalue weighted by Crippen LogP contribution is -2.30. The van der Waals surface area contributed by atoms with Crippen LogP contribution in [0.15, 0.2) is 60.2 Å². The van der Waals surface area contributed by atoms with Crippen LogP contribution in [0.2, 0.25) is 5.02 Å². The molecule has 0 aliphatic carbocycles. The number of ketones is 1. The van der Waals surface area contributed by atoms with Gasteiger partial charge in [0, 0.05) is 21.5 Å². The van der Waals surface area contributed by atoms with Crippen molar-refractivity contribution >= 4 is 34.0 Å². The molecule has 0 bridgehead atoms. The van der Waals surface area contributed by atoms with Crippen molar-refractivity contribution in [1.29, 1.82) is 5.26 Å². The second-order valence-electron chi connectivity index (χ2n) is 6.06. The van der Waals surface area contributed by atoms with Crippen molar-refractivity contribution < 1.29 is 9.53 Å². The van der Waals surface area contributed by atoms with E-state index in [2.05, 4.69) is 4.98 Å². The standard InChI is InChI=1S/C20H13ClN2O2/c1-20(13-5-3-2-4-6-13)19(24)15(11-22)18(25-20)17-10-12-9-14(21)7-8-16(12)23-17/h2-10,23H,1H3. The summed E-state index contributed by atoms with van der Waals surface area (Å²) >= 11 is 6.03. The summed E-state index contributed by atoms with van der Waals surface area (Å²) in [4.78, 5) is 16.1. The fourth-order valence-electron chi connectivity index (χ4n) is 3.11. The van der Waals surface area contributed by atoms with Gasteiger partial charge in [-0.2, -0.15) is 5.26 Å². The number of hydrogen-bond acceptors (Lipinski definition) is 3. The number of carbonyl (C=O) groups excluding carboxylic acids is 1. The Labute approximate surface area is 149 Å². The highest BCUT2D eigenvalue weighted by Crippen LogP contribution is 2.42. The molecular formula is C20H13ClN2O2. The number of halogens is 1. The van der Waals surface area contributed by atoms with E-state index in [1.807, 2.05) is 54.6 Å². The Morgan fingerprint density at radius 1 is 1.16 bits per heavy atom. The zero-order valence-electron chi connectivity index (χ0n) is 13.3. The molecule has 2 aromatic carbocycles. The second kappa shape index (κ2) is 5.51. The largest absolute Gasteiger partial charge is 0.471 e. The van der Waals surface area contributed by atoms with Gasteiger partial charge in [0.25, 0.3) is 0 Å². The molecule has 1 aliphatic heterocycles. The van der Waals surface area contributed by atoms with Gasteiger partial charge in [0.15, 0.2) is 11.4 Å². The topological polar surface area (TPSA) is 65.9 Å². The van der Waals surface area contributed by atoms with Gasteiger partial charge in [-0.05, 0) is 31.2 Å². The van der Waals surface area contributed by atoms with E-state index >= 15 is 0 Å². The maximum atomic E-state index is 12.9. The number of H-pyrrole nitrogens is 1. The smallest absolute Gasteiger partial charge is 0.225 e. The molecule has 0 fully saturated rings. The van der Waals surface area contributed by atoms with Crippen LogP contribution in [-0.2, 0) is 15.1 Å². The van der Waals surface area contributed by atoms with Gasteiger partial charge < -0.3 is 9.72 Å². The fraction of sp³-hybridized carbons (Fsp3) is 0.100. The summed E-state index contributed by atoms with van der Waals surface area (Å²) in [5.41, 5.74) is 0.956. The molecule has 1 aliphatic rings. The summed E-state index contributed by atoms with van der Waals surface area (Å²) in [6.07, 6.45) is 0. The maximum Gasteiger partial charge on any atom is 0.225 e. The third kappa shape index (κ3) is 2.33. The molecule has 0 amide bonds. The van der Waals surface area contributed by atoms with Crippen LogP contribution in [0.5, 0.6) is 0 Å². The minimum Gasteiger partial charge on any atom is -0.471 e. The Morgan fingerprint density at radius 2 is 1.92 bits per heavy atom. The Kier molecular flexibility index (Phi) is 3.41. The van der Waals surface area contributed by atoms with Crippen LogP contribution in [0.25, 0.3) is 16.7 Å². The van der Waals surface area contributed by atoms with Crippen LogP contribution in [0.4, 0.5) is 0 Å². The Hall–Kier alpha value is -3.03. The van der Waals surface area contributed by atoms with Gasteiger partial charge in [0.2, 0.25) is 5.78 Å². The molecule has 0 saturated heterocycles. The predicted molar refractivity (Wildman–Crippen MR) is 95.7 cm³/mol. The van der Waals surface area contributed by atoms with E-state index in [1.165, 1.54) is 0 Å². The Morgan fingerprint density at radius 3 is 2.64 bits per heavy atom. The van der Waals surface area contributed by atoms with Gasteiger partial charge in [0.05, 0.1) is 5.69 Å². The minimum absolute atomic E-state index is 0.0176. The number of rotatable bonds is 2. The average Bonchev–Trinajstić information content (AvgIpc) is 3.15. The van der Waals surface area contributed by atoms with E-state index < -0.39 is 5.60 Å². The van der Waals surface area contributed by atoms with Crippen molar-refractivity contribution in [3.05, 3.63) is 76.5 Å². The zero-order valence-corrected chi connectivity index (χ0v) is 14.1. The molecule has 1 N–H and O–H groups in total.